The number of carbonyl (C=O) groups is 8. The van der Waals surface area contributed by atoms with Crippen LogP contribution in [0.25, 0.3) is 22.0 Å². The number of hydrogen-bond donors (Lipinski definition) is 2. The summed E-state index contributed by atoms with van der Waals surface area (Å²) in [4.78, 5) is 133. The third kappa shape index (κ3) is 16.0. The fraction of sp³-hybridized carbons (Fsp3) is 0.426. The third-order valence-corrected chi connectivity index (χ3v) is 16.8. The fourth-order valence-corrected chi connectivity index (χ4v) is 11.9. The number of amides is 5. The van der Waals surface area contributed by atoms with Crippen LogP contribution in [0.5, 0.6) is 0 Å². The molecule has 4 aromatic heterocycles. The summed E-state index contributed by atoms with van der Waals surface area (Å²) in [5.41, 5.74) is 7.05. The number of nitrogens with zero attached hydrogens (tertiary/aromatic N) is 11. The number of urea groups is 1. The third-order valence-electron chi connectivity index (χ3n) is 16.8. The number of rotatable bonds is 27. The number of esters is 4. The standard InChI is InChI=1S/C68H81N13O13/c1-10-16-47-33-44(5)72-63(86)54(47)38-70-62(85)53-34-50(36-58-55(53)39-71-81(58)43(3)4)49-21-23-60(69-37-49)76-29-27-75(28-30-76)25-15-14-17-51-40-77(74-73-51)31-32-80-65(88)52(64(87)78(11-2)67(80)90)18-12-13-19-59-68(8,9)56-35-48(66(89)94-42-92-46(7)83)20-22-57(56)79(59)26-24-61(84)93-41-91-45(6)82/h12-13,18-23,33-37,39-40,43H,10-11,14-17,24-32,38,41-42H2,1-9H3,(H,70,85)(H,72,86)/b13-12+,52-18+,59-19-. The summed E-state index contributed by atoms with van der Waals surface area (Å²) in [5, 5.41) is 17.0. The molecule has 0 radical (unpaired) electrons. The molecule has 0 saturated carbocycles. The maximum atomic E-state index is 14.0. The number of hydrogen-bond acceptors (Lipinski definition) is 20. The quantitative estimate of drug-likeness (QED) is 0.0167. The maximum Gasteiger partial charge on any atom is 0.341 e. The Labute approximate surface area is 544 Å². The van der Waals surface area contributed by atoms with E-state index in [1.165, 1.54) is 26.0 Å². The zero-order valence-corrected chi connectivity index (χ0v) is 54.7. The van der Waals surface area contributed by atoms with E-state index in [0.29, 0.717) is 34.5 Å². The average molecular weight is 1290 g/mol. The number of allylic oxidation sites excluding steroid dienone is 5. The lowest BCUT2D eigenvalue weighted by Crippen LogP contribution is -2.56. The molecule has 0 atom stereocenters. The van der Waals surface area contributed by atoms with E-state index in [9.17, 15) is 43.2 Å². The molecule has 26 heteroatoms. The van der Waals surface area contributed by atoms with Gasteiger partial charge in [-0.1, -0.05) is 44.6 Å². The Kier molecular flexibility index (Phi) is 22.2. The van der Waals surface area contributed by atoms with Gasteiger partial charge in [-0.15, -0.1) is 5.10 Å². The number of barbiturate groups is 1. The first-order valence-corrected chi connectivity index (χ1v) is 31.7. The molecule has 26 nitrogen and oxygen atoms in total. The largest absolute Gasteiger partial charge is 0.428 e. The van der Waals surface area contributed by atoms with Crippen molar-refractivity contribution in [3.05, 3.63) is 152 Å². The lowest BCUT2D eigenvalue weighted by Gasteiger charge is -2.35. The van der Waals surface area contributed by atoms with Crippen molar-refractivity contribution < 1.29 is 57.3 Å². The van der Waals surface area contributed by atoms with Gasteiger partial charge in [0.15, 0.2) is 0 Å². The Morgan fingerprint density at radius 1 is 0.766 bits per heavy atom. The molecule has 0 spiro atoms. The molecule has 0 aliphatic carbocycles. The lowest BCUT2D eigenvalue weighted by atomic mass is 9.83. The van der Waals surface area contributed by atoms with Gasteiger partial charge in [0.25, 0.3) is 23.3 Å². The van der Waals surface area contributed by atoms with Gasteiger partial charge >= 0.3 is 29.9 Å². The Bertz CT molecular complexity index is 4000. The molecule has 94 heavy (non-hydrogen) atoms. The molecule has 2 N–H and O–H groups in total. The van der Waals surface area contributed by atoms with Crippen LogP contribution in [0.1, 0.15) is 136 Å². The summed E-state index contributed by atoms with van der Waals surface area (Å²) in [5.74, 6) is -3.51. The molecule has 0 bridgehead atoms. The molecule has 7 heterocycles. The molecule has 2 aromatic carbocycles. The van der Waals surface area contributed by atoms with E-state index in [1.54, 1.807) is 54.4 Å². The molecule has 2 fully saturated rings. The van der Waals surface area contributed by atoms with Crippen LogP contribution in [0.4, 0.5) is 16.3 Å². The van der Waals surface area contributed by atoms with Crippen LogP contribution in [0, 0.1) is 6.92 Å². The monoisotopic (exact) mass is 1290 g/mol. The van der Waals surface area contributed by atoms with Crippen molar-refractivity contribution in [2.75, 3.05) is 75.7 Å². The molecule has 0 unspecified atom stereocenters. The van der Waals surface area contributed by atoms with Crippen LogP contribution >= 0.6 is 0 Å². The van der Waals surface area contributed by atoms with Crippen molar-refractivity contribution in [3.8, 4) is 11.1 Å². The number of ether oxygens (including phenoxy) is 4. The van der Waals surface area contributed by atoms with Crippen molar-refractivity contribution in [1.29, 1.82) is 0 Å². The number of fused-ring (bicyclic) bond motifs is 2. The number of H-pyrrole nitrogens is 1. The molecule has 5 amide bonds. The summed E-state index contributed by atoms with van der Waals surface area (Å²) < 4.78 is 23.2. The van der Waals surface area contributed by atoms with Crippen molar-refractivity contribution in [1.82, 2.24) is 54.8 Å². The molecule has 6 aromatic rings. The smallest absolute Gasteiger partial charge is 0.341 e. The van der Waals surface area contributed by atoms with Gasteiger partial charge in [0, 0.05) is 117 Å². The van der Waals surface area contributed by atoms with Gasteiger partial charge in [0.2, 0.25) is 13.6 Å². The highest BCUT2D eigenvalue weighted by molar-refractivity contribution is 6.28. The van der Waals surface area contributed by atoms with E-state index in [0.717, 1.165) is 113 Å². The van der Waals surface area contributed by atoms with Gasteiger partial charge in [-0.3, -0.25) is 57.6 Å². The Balaban J connectivity index is 0.767. The summed E-state index contributed by atoms with van der Waals surface area (Å²) in [7, 11) is 0. The predicted octanol–water partition coefficient (Wildman–Crippen LogP) is 7.40. The minimum Gasteiger partial charge on any atom is -0.428 e. The van der Waals surface area contributed by atoms with E-state index in [4.69, 9.17) is 23.9 Å². The number of anilines is 2. The molecule has 496 valence electrons. The van der Waals surface area contributed by atoms with Gasteiger partial charge in [0.1, 0.15) is 11.4 Å². The minimum atomic E-state index is -0.792. The van der Waals surface area contributed by atoms with Crippen molar-refractivity contribution in [2.45, 2.75) is 125 Å². The van der Waals surface area contributed by atoms with Crippen LogP contribution in [0.3, 0.4) is 0 Å². The second kappa shape index (κ2) is 30.5. The number of nitrogens with one attached hydrogen (secondary N) is 2. The highest BCUT2D eigenvalue weighted by Crippen LogP contribution is 2.48. The van der Waals surface area contributed by atoms with E-state index < -0.39 is 60.7 Å². The molecule has 3 aliphatic rings. The number of piperazine rings is 1. The summed E-state index contributed by atoms with van der Waals surface area (Å²) in [6.07, 6.45) is 15.6. The number of carbonyl (C=O) groups excluding carboxylic acids is 8. The number of pyridine rings is 2. The Morgan fingerprint density at radius 2 is 1.50 bits per heavy atom. The molecular weight excluding hydrogens is 1210 g/mol. The van der Waals surface area contributed by atoms with Gasteiger partial charge in [-0.05, 0) is 137 Å². The number of likely N-dealkylation sites (N-methyl/N-ethyl adjacent to an activating group) is 1. The summed E-state index contributed by atoms with van der Waals surface area (Å²) >= 11 is 0. The fourth-order valence-electron chi connectivity index (χ4n) is 11.9. The number of aromatic nitrogens is 7. The minimum absolute atomic E-state index is 0.0190. The zero-order valence-electron chi connectivity index (χ0n) is 54.7. The summed E-state index contributed by atoms with van der Waals surface area (Å²) in [6.45, 7) is 19.3. The number of benzene rings is 2. The highest BCUT2D eigenvalue weighted by atomic mass is 16.7. The van der Waals surface area contributed by atoms with Gasteiger partial charge in [0.05, 0.1) is 48.0 Å². The number of unbranched alkanes of at least 4 members (excludes halogenated alkanes) is 1. The molecule has 3 aliphatic heterocycles. The Hall–Kier alpha value is -10.1. The second-order valence-electron chi connectivity index (χ2n) is 24.0. The van der Waals surface area contributed by atoms with Crippen LogP contribution in [-0.4, -0.2) is 163 Å². The molecule has 2 saturated heterocycles. The van der Waals surface area contributed by atoms with Crippen LogP contribution in [-0.2, 0) is 74.3 Å². The number of imide groups is 2. The van der Waals surface area contributed by atoms with Crippen LogP contribution in [0.2, 0.25) is 0 Å². The van der Waals surface area contributed by atoms with E-state index in [2.05, 4.69) is 42.4 Å². The van der Waals surface area contributed by atoms with Crippen LogP contribution in [0.15, 0.2) is 107 Å². The SMILES string of the molecule is CCCc1cc(C)[nH]c(=O)c1CNC(=O)c1cc(-c2ccc(N3CCN(CCCCc4cn(CCN5C(=O)/C(=C/C=C/C=C6\N(CCC(=O)OCOC(C)=O)c7ccc(C(=O)OCOC(C)=O)cc7C6(C)C)C(=O)N(CC)C5=O)nn4)CC3)nc2)cc2c1cnn2C(C)C. The number of aromatic amines is 1. The predicted molar refractivity (Wildman–Crippen MR) is 348 cm³/mol. The van der Waals surface area contributed by atoms with Gasteiger partial charge in [-0.25, -0.2) is 14.6 Å². The summed E-state index contributed by atoms with van der Waals surface area (Å²) in [6, 6.07) is 14.2. The average Bonchev–Trinajstić information content (AvgIpc) is 1.58. The first-order valence-electron chi connectivity index (χ1n) is 31.7. The van der Waals surface area contributed by atoms with Gasteiger partial charge < -0.3 is 39.0 Å². The topological polar surface area (TPSA) is 296 Å². The van der Waals surface area contributed by atoms with Crippen molar-refractivity contribution in [2.24, 2.45) is 0 Å². The van der Waals surface area contributed by atoms with E-state index in [-0.39, 0.29) is 67.8 Å². The van der Waals surface area contributed by atoms with Crippen LogP contribution < -0.4 is 20.7 Å². The van der Waals surface area contributed by atoms with Crippen molar-refractivity contribution in [3.63, 3.8) is 0 Å². The molecule has 9 rings (SSSR count). The van der Waals surface area contributed by atoms with E-state index >= 15 is 0 Å². The zero-order chi connectivity index (χ0) is 67.4. The first kappa shape index (κ1) is 68.3. The lowest BCUT2D eigenvalue weighted by molar-refractivity contribution is -0.165. The van der Waals surface area contributed by atoms with E-state index in [1.807, 2.05) is 80.7 Å². The molecular formula is C68H81N13O13. The second-order valence-corrected chi connectivity index (χ2v) is 24.0. The van der Waals surface area contributed by atoms with Crippen molar-refractivity contribution >= 4 is 70.0 Å². The first-order chi connectivity index (χ1) is 45.1. The highest BCUT2D eigenvalue weighted by Gasteiger charge is 2.42. The Morgan fingerprint density at radius 3 is 2.20 bits per heavy atom. The normalized spacial score (nSPS) is 15.9. The number of aryl methyl sites for hydroxylation is 3. The van der Waals surface area contributed by atoms with Gasteiger partial charge in [-0.2, -0.15) is 5.10 Å². The maximum absolute atomic E-state index is 14.0.